The van der Waals surface area contributed by atoms with Gasteiger partial charge in [0.15, 0.2) is 10.3 Å². The molecule has 1 aromatic carbocycles. The third-order valence-corrected chi connectivity index (χ3v) is 7.18. The first-order valence-electron chi connectivity index (χ1n) is 8.93. The van der Waals surface area contributed by atoms with Crippen molar-refractivity contribution in [3.63, 3.8) is 0 Å². The minimum Gasteiger partial charge on any atom is -0.308 e. The summed E-state index contributed by atoms with van der Waals surface area (Å²) < 4.78 is 3.09. The van der Waals surface area contributed by atoms with E-state index in [0.29, 0.717) is 12.3 Å². The lowest BCUT2D eigenvalue weighted by Gasteiger charge is -2.17. The molecule has 0 radical (unpaired) electrons. The molecule has 0 aliphatic carbocycles. The Balaban J connectivity index is 1.40. The fraction of sp³-hybridized carbons (Fsp3) is 0.263. The molecule has 0 bridgehead atoms. The van der Waals surface area contributed by atoms with Gasteiger partial charge in [-0.2, -0.15) is 0 Å². The topological polar surface area (TPSA) is 63.9 Å². The zero-order valence-electron chi connectivity index (χ0n) is 15.3. The van der Waals surface area contributed by atoms with Gasteiger partial charge in [-0.05, 0) is 36.9 Å². The average molecular weight is 430 g/mol. The smallest absolute Gasteiger partial charge is 0.239 e. The first kappa shape index (κ1) is 19.1. The van der Waals surface area contributed by atoms with Crippen LogP contribution in [0.15, 0.2) is 53.3 Å². The molecule has 28 heavy (non-hydrogen) atoms. The van der Waals surface area contributed by atoms with Gasteiger partial charge < -0.3 is 4.57 Å². The molecule has 0 atom stereocenters. The lowest BCUT2D eigenvalue weighted by molar-refractivity contribution is -0.116. The van der Waals surface area contributed by atoms with Gasteiger partial charge in [0.25, 0.3) is 0 Å². The summed E-state index contributed by atoms with van der Waals surface area (Å²) in [5.74, 6) is 0.334. The number of fused-ring (bicyclic) bond motifs is 1. The summed E-state index contributed by atoms with van der Waals surface area (Å²) in [6, 6.07) is 12.1. The van der Waals surface area contributed by atoms with Crippen molar-refractivity contribution in [3.8, 4) is 0 Å². The van der Waals surface area contributed by atoms with Crippen molar-refractivity contribution in [3.05, 3.63) is 53.0 Å². The van der Waals surface area contributed by atoms with Crippen molar-refractivity contribution >= 4 is 55.7 Å². The van der Waals surface area contributed by atoms with Crippen LogP contribution in [-0.2, 0) is 17.8 Å². The van der Waals surface area contributed by atoms with Gasteiger partial charge in [-0.3, -0.25) is 9.69 Å². The van der Waals surface area contributed by atoms with E-state index < -0.39 is 0 Å². The highest BCUT2D eigenvalue weighted by Crippen LogP contribution is 2.29. The zero-order chi connectivity index (χ0) is 19.3. The number of carbonyl (C=O) groups is 1. The van der Waals surface area contributed by atoms with E-state index in [1.807, 2.05) is 35.8 Å². The molecule has 144 valence electrons. The second-order valence-corrected chi connectivity index (χ2v) is 9.01. The van der Waals surface area contributed by atoms with Crippen molar-refractivity contribution in [2.75, 3.05) is 17.2 Å². The largest absolute Gasteiger partial charge is 0.308 e. The number of para-hydroxylation sites is 1. The van der Waals surface area contributed by atoms with Crippen LogP contribution in [0.5, 0.6) is 0 Å². The molecule has 0 saturated heterocycles. The van der Waals surface area contributed by atoms with Gasteiger partial charge in [0, 0.05) is 18.0 Å². The molecular formula is C19H19N5OS3. The number of rotatable bonds is 8. The highest BCUT2D eigenvalue weighted by atomic mass is 32.2. The second-order valence-electron chi connectivity index (χ2n) is 6.03. The first-order valence-corrected chi connectivity index (χ1v) is 11.6. The van der Waals surface area contributed by atoms with E-state index in [4.69, 9.17) is 0 Å². The number of aromatic nitrogens is 4. The van der Waals surface area contributed by atoms with Gasteiger partial charge in [0.1, 0.15) is 6.33 Å². The Labute approximate surface area is 175 Å². The number of thiazole rings is 1. The van der Waals surface area contributed by atoms with Crippen LogP contribution in [0.2, 0.25) is 0 Å². The quantitative estimate of drug-likeness (QED) is 0.390. The van der Waals surface area contributed by atoms with Crippen LogP contribution in [0.25, 0.3) is 10.2 Å². The molecule has 0 aliphatic rings. The summed E-state index contributed by atoms with van der Waals surface area (Å²) in [5.41, 5.74) is 0.926. The molecular weight excluding hydrogens is 410 g/mol. The number of thiophene rings is 1. The molecule has 3 aromatic heterocycles. The second kappa shape index (κ2) is 8.85. The minimum absolute atomic E-state index is 0.0272. The van der Waals surface area contributed by atoms with Crippen LogP contribution < -0.4 is 4.90 Å². The molecule has 1 amide bonds. The summed E-state index contributed by atoms with van der Waals surface area (Å²) in [4.78, 5) is 20.5. The molecule has 0 saturated carbocycles. The summed E-state index contributed by atoms with van der Waals surface area (Å²) >= 11 is 4.71. The van der Waals surface area contributed by atoms with E-state index in [2.05, 4.69) is 32.7 Å². The van der Waals surface area contributed by atoms with Gasteiger partial charge in [-0.1, -0.05) is 41.3 Å². The molecule has 3 heterocycles. The van der Waals surface area contributed by atoms with Crippen molar-refractivity contribution in [1.29, 1.82) is 0 Å². The van der Waals surface area contributed by atoms with Gasteiger partial charge in [-0.15, -0.1) is 21.5 Å². The van der Waals surface area contributed by atoms with E-state index in [0.717, 1.165) is 33.5 Å². The van der Waals surface area contributed by atoms with Gasteiger partial charge in [0.05, 0.1) is 16.0 Å². The molecule has 6 nitrogen and oxygen atoms in total. The first-order chi connectivity index (χ1) is 13.7. The Morgan fingerprint density at radius 2 is 2.14 bits per heavy atom. The number of benzene rings is 1. The number of hydrogen-bond donors (Lipinski definition) is 0. The standard InChI is InChI=1S/C19H19N5OS3/c1-2-24(18-21-15-7-3-4-8-16(15)28-18)17(25)12-27-19-22-20-13-23(19)10-9-14-6-5-11-26-14/h3-8,11,13H,2,9-10,12H2,1H3. The van der Waals surface area contributed by atoms with E-state index >= 15 is 0 Å². The van der Waals surface area contributed by atoms with Crippen LogP contribution in [0, 0.1) is 0 Å². The molecule has 9 heteroatoms. The van der Waals surface area contributed by atoms with E-state index in [1.165, 1.54) is 16.6 Å². The van der Waals surface area contributed by atoms with Crippen molar-refractivity contribution < 1.29 is 4.79 Å². The lowest BCUT2D eigenvalue weighted by atomic mass is 10.3. The van der Waals surface area contributed by atoms with Gasteiger partial charge in [0.2, 0.25) is 5.91 Å². The third kappa shape index (κ3) is 4.26. The predicted molar refractivity (Wildman–Crippen MR) is 116 cm³/mol. The molecule has 4 rings (SSSR count). The number of anilines is 1. The Morgan fingerprint density at radius 3 is 2.93 bits per heavy atom. The van der Waals surface area contributed by atoms with Gasteiger partial charge in [-0.25, -0.2) is 4.98 Å². The SMILES string of the molecule is CCN(C(=O)CSc1nncn1CCc1cccs1)c1nc2ccccc2s1. The Morgan fingerprint density at radius 1 is 1.25 bits per heavy atom. The van der Waals surface area contributed by atoms with Crippen molar-refractivity contribution in [2.45, 2.75) is 25.0 Å². The number of amides is 1. The lowest BCUT2D eigenvalue weighted by Crippen LogP contribution is -2.32. The summed E-state index contributed by atoms with van der Waals surface area (Å²) in [6.45, 7) is 3.36. The van der Waals surface area contributed by atoms with E-state index in [9.17, 15) is 4.79 Å². The molecule has 0 aliphatic heterocycles. The van der Waals surface area contributed by atoms with Crippen LogP contribution in [0.1, 0.15) is 11.8 Å². The maximum atomic E-state index is 12.8. The summed E-state index contributed by atoms with van der Waals surface area (Å²) in [6.07, 6.45) is 2.66. The maximum absolute atomic E-state index is 12.8. The maximum Gasteiger partial charge on any atom is 0.239 e. The summed E-state index contributed by atoms with van der Waals surface area (Å²) in [5, 5.41) is 11.8. The van der Waals surface area contributed by atoms with Gasteiger partial charge >= 0.3 is 0 Å². The number of carbonyl (C=O) groups excluding carboxylic acids is 1. The van der Waals surface area contributed by atoms with Crippen LogP contribution in [0.3, 0.4) is 0 Å². The minimum atomic E-state index is 0.0272. The molecule has 0 N–H and O–H groups in total. The Bertz CT molecular complexity index is 1020. The summed E-state index contributed by atoms with van der Waals surface area (Å²) in [7, 11) is 0. The number of hydrogen-bond acceptors (Lipinski definition) is 7. The van der Waals surface area contributed by atoms with Crippen molar-refractivity contribution in [1.82, 2.24) is 19.7 Å². The van der Waals surface area contributed by atoms with E-state index in [-0.39, 0.29) is 5.91 Å². The fourth-order valence-corrected chi connectivity index (χ4v) is 5.36. The normalized spacial score (nSPS) is 11.2. The fourth-order valence-electron chi connectivity index (χ4n) is 2.79. The van der Waals surface area contributed by atoms with Crippen LogP contribution >= 0.6 is 34.4 Å². The number of nitrogens with zero attached hydrogens (tertiary/aromatic N) is 5. The molecule has 0 fully saturated rings. The van der Waals surface area contributed by atoms with Crippen molar-refractivity contribution in [2.24, 2.45) is 0 Å². The number of thioether (sulfide) groups is 1. The monoisotopic (exact) mass is 429 g/mol. The molecule has 4 aromatic rings. The third-order valence-electron chi connectivity index (χ3n) is 4.21. The van der Waals surface area contributed by atoms with E-state index in [1.54, 1.807) is 33.9 Å². The molecule has 0 unspecified atom stereocenters. The predicted octanol–water partition coefficient (Wildman–Crippen LogP) is 4.34. The Hall–Kier alpha value is -2.23. The zero-order valence-corrected chi connectivity index (χ0v) is 17.8. The average Bonchev–Trinajstić information content (AvgIpc) is 3.45. The van der Waals surface area contributed by atoms with Crippen LogP contribution in [-0.4, -0.2) is 38.0 Å². The highest BCUT2D eigenvalue weighted by molar-refractivity contribution is 7.99. The Kier molecular flexibility index (Phi) is 6.04. The van der Waals surface area contributed by atoms with Crippen LogP contribution in [0.4, 0.5) is 5.13 Å². The highest BCUT2D eigenvalue weighted by Gasteiger charge is 2.19. The molecule has 0 spiro atoms. The number of aryl methyl sites for hydroxylation is 2.